The normalized spacial score (nSPS) is 20.0. The Balaban J connectivity index is 2.06. The van der Waals surface area contributed by atoms with Crippen molar-refractivity contribution in [2.45, 2.75) is 18.9 Å². The number of methoxy groups -OCH3 is 1. The second kappa shape index (κ2) is 5.23. The molecule has 1 aliphatic rings. The van der Waals surface area contributed by atoms with Gasteiger partial charge in [-0.2, -0.15) is 0 Å². The number of nitrogens with zero attached hydrogens (tertiary/aromatic N) is 1. The minimum Gasteiger partial charge on any atom is -0.474 e. The molecular weight excluding hydrogens is 220 g/mol. The van der Waals surface area contributed by atoms with Gasteiger partial charge in [-0.25, -0.2) is 4.79 Å². The van der Waals surface area contributed by atoms with Crippen molar-refractivity contribution < 1.29 is 14.3 Å². The van der Waals surface area contributed by atoms with Crippen molar-refractivity contribution in [1.29, 1.82) is 0 Å². The van der Waals surface area contributed by atoms with Gasteiger partial charge in [-0.1, -0.05) is 0 Å². The van der Waals surface area contributed by atoms with Gasteiger partial charge < -0.3 is 19.4 Å². The summed E-state index contributed by atoms with van der Waals surface area (Å²) >= 11 is 0. The van der Waals surface area contributed by atoms with Crippen LogP contribution in [0.25, 0.3) is 0 Å². The Morgan fingerprint density at radius 3 is 3.00 bits per heavy atom. The van der Waals surface area contributed by atoms with E-state index in [1.165, 1.54) is 7.11 Å². The minimum atomic E-state index is -0.343. The third-order valence-corrected chi connectivity index (χ3v) is 3.01. The third kappa shape index (κ3) is 2.61. The molecule has 1 N–H and O–H groups in total. The van der Waals surface area contributed by atoms with Crippen LogP contribution in [0.3, 0.4) is 0 Å². The number of ether oxygens (including phenoxy) is 2. The lowest BCUT2D eigenvalue weighted by atomic mass is 10.1. The summed E-state index contributed by atoms with van der Waals surface area (Å²) in [5.74, 6) is 0.364. The van der Waals surface area contributed by atoms with Crippen LogP contribution in [0.2, 0.25) is 0 Å². The van der Waals surface area contributed by atoms with Crippen LogP contribution in [0.1, 0.15) is 23.3 Å². The van der Waals surface area contributed by atoms with Crippen molar-refractivity contribution in [2.75, 3.05) is 20.2 Å². The highest BCUT2D eigenvalue weighted by Gasteiger charge is 2.18. The topological polar surface area (TPSA) is 52.5 Å². The van der Waals surface area contributed by atoms with E-state index in [1.54, 1.807) is 23.7 Å². The molecule has 0 saturated carbocycles. The van der Waals surface area contributed by atoms with Crippen LogP contribution < -0.4 is 10.1 Å². The second-order valence-electron chi connectivity index (χ2n) is 4.19. The zero-order valence-corrected chi connectivity index (χ0v) is 10.2. The molecule has 0 radical (unpaired) electrons. The molecule has 1 aromatic rings. The molecule has 0 bridgehead atoms. The maximum Gasteiger partial charge on any atom is 0.354 e. The Morgan fingerprint density at radius 2 is 2.35 bits per heavy atom. The first kappa shape index (κ1) is 12.0. The van der Waals surface area contributed by atoms with Gasteiger partial charge in [-0.15, -0.1) is 0 Å². The maximum absolute atomic E-state index is 11.4. The van der Waals surface area contributed by atoms with Gasteiger partial charge >= 0.3 is 5.97 Å². The van der Waals surface area contributed by atoms with Crippen LogP contribution in [0.5, 0.6) is 5.88 Å². The van der Waals surface area contributed by atoms with Crippen LogP contribution in [-0.2, 0) is 11.8 Å². The monoisotopic (exact) mass is 238 g/mol. The van der Waals surface area contributed by atoms with Crippen molar-refractivity contribution >= 4 is 5.97 Å². The van der Waals surface area contributed by atoms with Gasteiger partial charge in [0.1, 0.15) is 11.8 Å². The van der Waals surface area contributed by atoms with E-state index in [9.17, 15) is 4.79 Å². The van der Waals surface area contributed by atoms with Gasteiger partial charge in [0.2, 0.25) is 0 Å². The van der Waals surface area contributed by atoms with Crippen molar-refractivity contribution in [3.8, 4) is 5.88 Å². The fraction of sp³-hybridized carbons (Fsp3) is 0.583. The Bertz CT molecular complexity index is 394. The third-order valence-electron chi connectivity index (χ3n) is 3.01. The zero-order chi connectivity index (χ0) is 12.3. The Hall–Kier alpha value is -1.49. The van der Waals surface area contributed by atoms with E-state index in [1.807, 2.05) is 0 Å². The number of hydrogen-bond donors (Lipinski definition) is 1. The standard InChI is InChI=1S/C12H18N2O3/c1-14-10(12(15)16-2)5-6-11(14)17-9-4-3-7-13-8-9/h5-6,9,13H,3-4,7-8H2,1-2H3. The van der Waals surface area contributed by atoms with Crippen LogP contribution in [0, 0.1) is 0 Å². The molecule has 1 aromatic heterocycles. The predicted octanol–water partition coefficient (Wildman–Crippen LogP) is 0.942. The molecule has 1 unspecified atom stereocenters. The van der Waals surface area contributed by atoms with Gasteiger partial charge in [0.05, 0.1) is 7.11 Å². The van der Waals surface area contributed by atoms with Crippen LogP contribution in [0.15, 0.2) is 12.1 Å². The first-order chi connectivity index (χ1) is 8.22. The van der Waals surface area contributed by atoms with Crippen molar-refractivity contribution in [1.82, 2.24) is 9.88 Å². The van der Waals surface area contributed by atoms with Crippen LogP contribution >= 0.6 is 0 Å². The van der Waals surface area contributed by atoms with Gasteiger partial charge in [0, 0.05) is 19.7 Å². The summed E-state index contributed by atoms with van der Waals surface area (Å²) in [6, 6.07) is 3.53. The Kier molecular flexibility index (Phi) is 3.68. The minimum absolute atomic E-state index is 0.183. The molecule has 2 rings (SSSR count). The van der Waals surface area contributed by atoms with Gasteiger partial charge in [-0.3, -0.25) is 0 Å². The first-order valence-corrected chi connectivity index (χ1v) is 5.84. The molecule has 1 atom stereocenters. The smallest absolute Gasteiger partial charge is 0.354 e. The number of piperidine rings is 1. The van der Waals surface area contributed by atoms with Gasteiger partial charge in [-0.05, 0) is 25.5 Å². The van der Waals surface area contributed by atoms with Crippen molar-refractivity contribution in [3.05, 3.63) is 17.8 Å². The lowest BCUT2D eigenvalue weighted by Gasteiger charge is -2.24. The summed E-state index contributed by atoms with van der Waals surface area (Å²) < 4.78 is 12.3. The summed E-state index contributed by atoms with van der Waals surface area (Å²) in [6.07, 6.45) is 2.35. The molecule has 2 heterocycles. The maximum atomic E-state index is 11.4. The molecule has 5 nitrogen and oxygen atoms in total. The average molecular weight is 238 g/mol. The molecule has 1 saturated heterocycles. The number of carbonyl (C=O) groups excluding carboxylic acids is 1. The lowest BCUT2D eigenvalue weighted by Crippen LogP contribution is -2.37. The predicted molar refractivity (Wildman–Crippen MR) is 63.3 cm³/mol. The number of esters is 1. The number of rotatable bonds is 3. The number of nitrogens with one attached hydrogen (secondary N) is 1. The SMILES string of the molecule is COC(=O)c1ccc(OC2CCCNC2)n1C. The molecule has 0 aromatic carbocycles. The Morgan fingerprint density at radius 1 is 1.53 bits per heavy atom. The van der Waals surface area contributed by atoms with Crippen LogP contribution in [-0.4, -0.2) is 36.8 Å². The van der Waals surface area contributed by atoms with E-state index >= 15 is 0 Å². The van der Waals surface area contributed by atoms with E-state index in [-0.39, 0.29) is 12.1 Å². The molecule has 1 fully saturated rings. The number of hydrogen-bond acceptors (Lipinski definition) is 4. The van der Waals surface area contributed by atoms with Crippen molar-refractivity contribution in [3.63, 3.8) is 0 Å². The number of carbonyl (C=O) groups is 1. The number of aromatic nitrogens is 1. The molecule has 17 heavy (non-hydrogen) atoms. The quantitative estimate of drug-likeness (QED) is 0.796. The summed E-state index contributed by atoms with van der Waals surface area (Å²) in [5, 5.41) is 3.29. The fourth-order valence-corrected chi connectivity index (χ4v) is 2.01. The largest absolute Gasteiger partial charge is 0.474 e. The van der Waals surface area contributed by atoms with E-state index in [2.05, 4.69) is 5.32 Å². The highest BCUT2D eigenvalue weighted by Crippen LogP contribution is 2.19. The second-order valence-corrected chi connectivity index (χ2v) is 4.19. The average Bonchev–Trinajstić information content (AvgIpc) is 2.72. The molecule has 0 spiro atoms. The van der Waals surface area contributed by atoms with E-state index in [4.69, 9.17) is 9.47 Å². The zero-order valence-electron chi connectivity index (χ0n) is 10.2. The highest BCUT2D eigenvalue weighted by molar-refractivity contribution is 5.88. The van der Waals surface area contributed by atoms with Crippen molar-refractivity contribution in [2.24, 2.45) is 7.05 Å². The van der Waals surface area contributed by atoms with E-state index in [0.717, 1.165) is 25.9 Å². The summed E-state index contributed by atoms with van der Waals surface area (Å²) in [5.41, 5.74) is 0.506. The van der Waals surface area contributed by atoms with E-state index < -0.39 is 0 Å². The van der Waals surface area contributed by atoms with Gasteiger partial charge in [0.25, 0.3) is 0 Å². The Labute approximate surface area is 101 Å². The highest BCUT2D eigenvalue weighted by atomic mass is 16.5. The van der Waals surface area contributed by atoms with E-state index in [0.29, 0.717) is 11.6 Å². The molecule has 0 amide bonds. The molecule has 0 aliphatic carbocycles. The fourth-order valence-electron chi connectivity index (χ4n) is 2.01. The molecule has 1 aliphatic heterocycles. The van der Waals surface area contributed by atoms with Crippen LogP contribution in [0.4, 0.5) is 0 Å². The summed E-state index contributed by atoms with van der Waals surface area (Å²) in [6.45, 7) is 1.92. The lowest BCUT2D eigenvalue weighted by molar-refractivity contribution is 0.0586. The first-order valence-electron chi connectivity index (χ1n) is 5.84. The summed E-state index contributed by atoms with van der Waals surface area (Å²) in [4.78, 5) is 11.4. The molecule has 5 heteroatoms. The molecular formula is C12H18N2O3. The molecule has 94 valence electrons. The van der Waals surface area contributed by atoms with Gasteiger partial charge in [0.15, 0.2) is 5.88 Å². The summed E-state index contributed by atoms with van der Waals surface area (Å²) in [7, 11) is 3.18.